The lowest BCUT2D eigenvalue weighted by Crippen LogP contribution is -2.58. The molecular weight excluding hydrogens is 450 g/mol. The SMILES string of the molecule is CC(C)C(N)C(=O)NC(CS)C(=O)NC(Cc1cnc[nH]1)C(=O)NC(CCCCN)C(=O)O. The molecule has 1 heterocycles. The van der Waals surface area contributed by atoms with Gasteiger partial charge in [0.2, 0.25) is 17.7 Å². The zero-order valence-electron chi connectivity index (χ0n) is 18.9. The van der Waals surface area contributed by atoms with Crippen molar-refractivity contribution < 1.29 is 24.3 Å². The smallest absolute Gasteiger partial charge is 0.326 e. The van der Waals surface area contributed by atoms with Gasteiger partial charge in [-0.1, -0.05) is 13.8 Å². The van der Waals surface area contributed by atoms with E-state index >= 15 is 0 Å². The van der Waals surface area contributed by atoms with Gasteiger partial charge < -0.3 is 37.5 Å². The molecule has 1 rings (SSSR count). The second kappa shape index (κ2) is 14.5. The second-order valence-electron chi connectivity index (χ2n) is 8.04. The fourth-order valence-corrected chi connectivity index (χ4v) is 3.14. The van der Waals surface area contributed by atoms with Gasteiger partial charge in [-0.2, -0.15) is 12.6 Å². The summed E-state index contributed by atoms with van der Waals surface area (Å²) >= 11 is 4.12. The van der Waals surface area contributed by atoms with Crippen molar-refractivity contribution in [2.75, 3.05) is 12.3 Å². The Bertz CT molecular complexity index is 775. The minimum atomic E-state index is -1.19. The molecule has 13 heteroatoms. The Morgan fingerprint density at radius 1 is 1.06 bits per heavy atom. The number of aromatic nitrogens is 2. The average Bonchev–Trinajstić information content (AvgIpc) is 3.28. The molecule has 9 N–H and O–H groups in total. The van der Waals surface area contributed by atoms with E-state index in [1.165, 1.54) is 12.5 Å². The summed E-state index contributed by atoms with van der Waals surface area (Å²) in [5.41, 5.74) is 11.8. The van der Waals surface area contributed by atoms with Crippen molar-refractivity contribution >= 4 is 36.3 Å². The van der Waals surface area contributed by atoms with E-state index in [9.17, 15) is 24.3 Å². The predicted octanol–water partition coefficient (Wildman–Crippen LogP) is -1.47. The van der Waals surface area contributed by atoms with Gasteiger partial charge >= 0.3 is 5.97 Å². The van der Waals surface area contributed by atoms with E-state index in [4.69, 9.17) is 11.5 Å². The van der Waals surface area contributed by atoms with E-state index in [0.29, 0.717) is 25.1 Å². The zero-order valence-corrected chi connectivity index (χ0v) is 19.8. The van der Waals surface area contributed by atoms with Crippen molar-refractivity contribution in [2.45, 2.75) is 63.7 Å². The predicted molar refractivity (Wildman–Crippen MR) is 125 cm³/mol. The Hall–Kier alpha value is -2.64. The van der Waals surface area contributed by atoms with Gasteiger partial charge in [0, 0.05) is 24.1 Å². The molecule has 1 aromatic rings. The minimum absolute atomic E-state index is 0.0301. The number of hydrogen-bond donors (Lipinski definition) is 8. The summed E-state index contributed by atoms with van der Waals surface area (Å²) in [6, 6.07) is -4.10. The van der Waals surface area contributed by atoms with E-state index in [0.717, 1.165) is 0 Å². The first kappa shape index (κ1) is 28.4. The largest absolute Gasteiger partial charge is 0.480 e. The summed E-state index contributed by atoms with van der Waals surface area (Å²) in [5, 5.41) is 17.0. The molecule has 33 heavy (non-hydrogen) atoms. The van der Waals surface area contributed by atoms with Crippen molar-refractivity contribution in [2.24, 2.45) is 17.4 Å². The molecular formula is C20H35N7O5S. The number of aliphatic carboxylic acids is 1. The van der Waals surface area contributed by atoms with Crippen LogP contribution in [0.1, 0.15) is 38.8 Å². The number of carboxylic acid groups (broad SMARTS) is 1. The fraction of sp³-hybridized carbons (Fsp3) is 0.650. The van der Waals surface area contributed by atoms with Crippen LogP contribution < -0.4 is 27.4 Å². The summed E-state index contributed by atoms with van der Waals surface area (Å²) < 4.78 is 0. The van der Waals surface area contributed by atoms with Crippen LogP contribution in [-0.4, -0.2) is 75.2 Å². The number of carbonyl (C=O) groups is 4. The number of carbonyl (C=O) groups excluding carboxylic acids is 3. The van der Waals surface area contributed by atoms with Gasteiger partial charge in [-0.05, 0) is 31.7 Å². The molecule has 0 spiro atoms. The van der Waals surface area contributed by atoms with E-state index in [-0.39, 0.29) is 24.5 Å². The molecule has 4 unspecified atom stereocenters. The number of rotatable bonds is 15. The molecule has 0 saturated carbocycles. The van der Waals surface area contributed by atoms with Crippen molar-refractivity contribution in [1.29, 1.82) is 0 Å². The van der Waals surface area contributed by atoms with Crippen LogP contribution in [0.25, 0.3) is 0 Å². The maximum Gasteiger partial charge on any atom is 0.326 e. The lowest BCUT2D eigenvalue weighted by Gasteiger charge is -2.25. The summed E-state index contributed by atoms with van der Waals surface area (Å²) in [7, 11) is 0. The molecule has 0 radical (unpaired) electrons. The minimum Gasteiger partial charge on any atom is -0.480 e. The quantitative estimate of drug-likeness (QED) is 0.108. The Labute approximate surface area is 198 Å². The van der Waals surface area contributed by atoms with E-state index in [1.807, 2.05) is 0 Å². The van der Waals surface area contributed by atoms with Crippen molar-refractivity contribution in [3.05, 3.63) is 18.2 Å². The number of hydrogen-bond acceptors (Lipinski definition) is 8. The first-order valence-electron chi connectivity index (χ1n) is 10.8. The number of H-pyrrole nitrogens is 1. The van der Waals surface area contributed by atoms with Crippen LogP contribution >= 0.6 is 12.6 Å². The number of imidazole rings is 1. The first-order valence-corrected chi connectivity index (χ1v) is 11.4. The number of unbranched alkanes of at least 4 members (excludes halogenated alkanes) is 1. The summed E-state index contributed by atoms with van der Waals surface area (Å²) in [6.45, 7) is 3.96. The molecule has 0 saturated heterocycles. The number of nitrogens with one attached hydrogen (secondary N) is 4. The van der Waals surface area contributed by atoms with Gasteiger partial charge in [-0.15, -0.1) is 0 Å². The summed E-state index contributed by atoms with van der Waals surface area (Å²) in [4.78, 5) is 56.3. The standard InChI is InChI=1S/C20H35N7O5S/c1-11(2)16(22)19(30)27-15(9-33)18(29)26-14(7-12-8-23-10-24-12)17(28)25-13(20(31)32)5-3-4-6-21/h8,10-11,13-16,33H,3-7,9,21-22H2,1-2H3,(H,23,24)(H,25,28)(H,26,29)(H,27,30)(H,31,32). The molecule has 0 aliphatic carbocycles. The number of nitrogens with zero attached hydrogens (tertiary/aromatic N) is 1. The maximum absolute atomic E-state index is 12.9. The Kier molecular flexibility index (Phi) is 12.5. The Morgan fingerprint density at radius 2 is 1.67 bits per heavy atom. The van der Waals surface area contributed by atoms with Crippen LogP contribution in [0, 0.1) is 5.92 Å². The number of thiol groups is 1. The Balaban J connectivity index is 2.93. The summed E-state index contributed by atoms with van der Waals surface area (Å²) in [6.07, 6.45) is 4.28. The van der Waals surface area contributed by atoms with Gasteiger partial charge in [0.25, 0.3) is 0 Å². The molecule has 0 aromatic carbocycles. The second-order valence-corrected chi connectivity index (χ2v) is 8.40. The zero-order chi connectivity index (χ0) is 25.0. The summed E-state index contributed by atoms with van der Waals surface area (Å²) in [5.74, 6) is -3.20. The highest BCUT2D eigenvalue weighted by Gasteiger charge is 2.30. The molecule has 0 fully saturated rings. The van der Waals surface area contributed by atoms with Gasteiger partial charge in [0.15, 0.2) is 0 Å². The molecule has 3 amide bonds. The van der Waals surface area contributed by atoms with E-state index in [2.05, 4.69) is 38.5 Å². The highest BCUT2D eigenvalue weighted by atomic mass is 32.1. The van der Waals surface area contributed by atoms with Crippen LogP contribution in [0.2, 0.25) is 0 Å². The van der Waals surface area contributed by atoms with Crippen LogP contribution in [0.5, 0.6) is 0 Å². The number of carboxylic acids is 1. The van der Waals surface area contributed by atoms with Gasteiger partial charge in [0.1, 0.15) is 18.1 Å². The lowest BCUT2D eigenvalue weighted by molar-refractivity contribution is -0.142. The highest BCUT2D eigenvalue weighted by Crippen LogP contribution is 2.05. The molecule has 186 valence electrons. The number of nitrogens with two attached hydrogens (primary N) is 2. The third-order valence-corrected chi connectivity index (χ3v) is 5.38. The molecule has 0 aliphatic rings. The lowest BCUT2D eigenvalue weighted by atomic mass is 10.0. The van der Waals surface area contributed by atoms with Crippen LogP contribution in [0.4, 0.5) is 0 Å². The molecule has 4 atom stereocenters. The normalized spacial score (nSPS) is 14.7. The van der Waals surface area contributed by atoms with Crippen LogP contribution in [0.3, 0.4) is 0 Å². The van der Waals surface area contributed by atoms with Gasteiger partial charge in [-0.25, -0.2) is 9.78 Å². The fourth-order valence-electron chi connectivity index (χ4n) is 2.89. The molecule has 0 aliphatic heterocycles. The molecule has 1 aromatic heterocycles. The molecule has 0 bridgehead atoms. The van der Waals surface area contributed by atoms with E-state index in [1.54, 1.807) is 13.8 Å². The monoisotopic (exact) mass is 485 g/mol. The third-order valence-electron chi connectivity index (χ3n) is 5.01. The van der Waals surface area contributed by atoms with Crippen molar-refractivity contribution in [3.8, 4) is 0 Å². The number of aromatic amines is 1. The third kappa shape index (κ3) is 9.80. The maximum atomic E-state index is 12.9. The van der Waals surface area contributed by atoms with Crippen molar-refractivity contribution in [3.63, 3.8) is 0 Å². The van der Waals surface area contributed by atoms with Crippen molar-refractivity contribution in [1.82, 2.24) is 25.9 Å². The van der Waals surface area contributed by atoms with Crippen LogP contribution in [-0.2, 0) is 25.6 Å². The van der Waals surface area contributed by atoms with Crippen LogP contribution in [0.15, 0.2) is 12.5 Å². The first-order chi connectivity index (χ1) is 15.6. The Morgan fingerprint density at radius 3 is 2.18 bits per heavy atom. The van der Waals surface area contributed by atoms with Gasteiger partial charge in [0.05, 0.1) is 12.4 Å². The average molecular weight is 486 g/mol. The van der Waals surface area contributed by atoms with E-state index < -0.39 is 47.9 Å². The topological polar surface area (TPSA) is 205 Å². The molecule has 12 nitrogen and oxygen atoms in total. The van der Waals surface area contributed by atoms with Gasteiger partial charge in [-0.3, -0.25) is 14.4 Å². The number of amides is 3. The highest BCUT2D eigenvalue weighted by molar-refractivity contribution is 7.80.